The maximum Gasteiger partial charge on any atom is 0.219 e. The lowest BCUT2D eigenvalue weighted by Crippen LogP contribution is -2.51. The van der Waals surface area contributed by atoms with Crippen LogP contribution < -0.4 is 0 Å². The van der Waals surface area contributed by atoms with Crippen LogP contribution in [0.25, 0.3) is 0 Å². The van der Waals surface area contributed by atoms with E-state index in [0.29, 0.717) is 0 Å². The molecule has 0 rings (SSSR count). The molecule has 0 unspecified atom stereocenters. The Morgan fingerprint density at radius 1 is 1.10 bits per heavy atom. The van der Waals surface area contributed by atoms with E-state index in [9.17, 15) is 9.90 Å². The third-order valence-electron chi connectivity index (χ3n) is 3.86. The summed E-state index contributed by atoms with van der Waals surface area (Å²) in [6.07, 6.45) is -1.50. The molecule has 0 saturated carbocycles. The molecule has 2 atom stereocenters. The fourth-order valence-corrected chi connectivity index (χ4v) is 3.69. The third kappa shape index (κ3) is 6.85. The van der Waals surface area contributed by atoms with E-state index in [2.05, 4.69) is 33.9 Å². The summed E-state index contributed by atoms with van der Waals surface area (Å²) in [5, 5.41) is 10.4. The normalized spacial score (nSPS) is 17.0. The topological polar surface area (TPSA) is 46.5 Å². The van der Waals surface area contributed by atoms with Crippen LogP contribution in [0.15, 0.2) is 0 Å². The van der Waals surface area contributed by atoms with E-state index in [1.165, 1.54) is 11.8 Å². The molecule has 0 aliphatic rings. The number of carbonyl (C=O) groups excluding carboxylic acids is 1. The van der Waals surface area contributed by atoms with Crippen molar-refractivity contribution in [3.63, 3.8) is 0 Å². The van der Waals surface area contributed by atoms with Crippen LogP contribution in [0.5, 0.6) is 0 Å². The Labute approximate surface area is 136 Å². The third-order valence-corrected chi connectivity index (χ3v) is 9.36. The number of hydrogen-bond donors (Lipinski definition) is 1. The van der Waals surface area contributed by atoms with Gasteiger partial charge in [-0.15, -0.1) is 0 Å². The Hall–Kier alpha value is 0.157. The lowest BCUT2D eigenvalue weighted by molar-refractivity contribution is -0.124. The van der Waals surface area contributed by atoms with Crippen molar-refractivity contribution >= 4 is 25.2 Å². The molecule has 0 spiro atoms. The van der Waals surface area contributed by atoms with Crippen LogP contribution >= 0.6 is 11.8 Å². The Balaban J connectivity index is 5.32. The fraction of sp³-hybridized carbons (Fsp3) is 0.938. The summed E-state index contributed by atoms with van der Waals surface area (Å²) in [5.74, 6) is -0.00992. The van der Waals surface area contributed by atoms with Gasteiger partial charge in [0.15, 0.2) is 8.32 Å². The van der Waals surface area contributed by atoms with Gasteiger partial charge in [-0.25, -0.2) is 0 Å². The second-order valence-corrected chi connectivity index (χ2v) is 15.2. The summed E-state index contributed by atoms with van der Waals surface area (Å²) in [4.78, 5) is 12.6. The molecule has 1 N–H and O–H groups in total. The quantitative estimate of drug-likeness (QED) is 0.754. The maximum atomic E-state index is 12.6. The highest BCUT2D eigenvalue weighted by molar-refractivity contribution is 8.14. The number of aliphatic hydroxyl groups is 1. The maximum absolute atomic E-state index is 12.6. The van der Waals surface area contributed by atoms with Crippen LogP contribution in [0.4, 0.5) is 0 Å². The number of thioether (sulfide) groups is 1. The number of aliphatic hydroxyl groups excluding tert-OH is 1. The molecule has 21 heavy (non-hydrogen) atoms. The van der Waals surface area contributed by atoms with Crippen molar-refractivity contribution < 1.29 is 14.3 Å². The van der Waals surface area contributed by atoms with Crippen molar-refractivity contribution in [3.8, 4) is 0 Å². The summed E-state index contributed by atoms with van der Waals surface area (Å²) in [6, 6.07) is 0. The van der Waals surface area contributed by atoms with Gasteiger partial charge < -0.3 is 9.53 Å². The van der Waals surface area contributed by atoms with Crippen molar-refractivity contribution in [2.75, 3.05) is 0 Å². The molecule has 0 aliphatic heterocycles. The zero-order valence-electron chi connectivity index (χ0n) is 15.4. The molecular formula is C16H34O3SSi. The van der Waals surface area contributed by atoms with Gasteiger partial charge in [-0.05, 0) is 24.1 Å². The molecule has 0 saturated heterocycles. The Morgan fingerprint density at radius 3 is 1.81 bits per heavy atom. The molecule has 0 amide bonds. The molecule has 0 radical (unpaired) electrons. The second-order valence-electron chi connectivity index (χ2n) is 8.57. The summed E-state index contributed by atoms with van der Waals surface area (Å²) >= 11 is 1.26. The Kier molecular flexibility index (Phi) is 7.21. The second kappa shape index (κ2) is 7.15. The molecule has 3 nitrogen and oxygen atoms in total. The first-order valence-electron chi connectivity index (χ1n) is 7.67. The summed E-state index contributed by atoms with van der Waals surface area (Å²) in [7, 11) is -2.11. The molecule has 0 aromatic carbocycles. The van der Waals surface area contributed by atoms with E-state index in [4.69, 9.17) is 4.43 Å². The van der Waals surface area contributed by atoms with Gasteiger partial charge >= 0.3 is 0 Å². The van der Waals surface area contributed by atoms with Gasteiger partial charge in [0.1, 0.15) is 6.10 Å². The fourth-order valence-electron chi connectivity index (χ4n) is 1.46. The summed E-state index contributed by atoms with van der Waals surface area (Å²) in [5.41, 5.74) is 0. The monoisotopic (exact) mass is 334 g/mol. The lowest BCUT2D eigenvalue weighted by atomic mass is 10.0. The van der Waals surface area contributed by atoms with Gasteiger partial charge in [-0.3, -0.25) is 4.79 Å². The van der Waals surface area contributed by atoms with E-state index in [1.54, 1.807) is 0 Å². The minimum absolute atomic E-state index is 0.00856. The van der Waals surface area contributed by atoms with Crippen LogP contribution in [0, 0.1) is 5.92 Å². The number of rotatable bonds is 5. The first-order chi connectivity index (χ1) is 9.08. The molecule has 0 bridgehead atoms. The van der Waals surface area contributed by atoms with E-state index >= 15 is 0 Å². The predicted octanol–water partition coefficient (Wildman–Crippen LogP) is 4.45. The minimum atomic E-state index is -2.11. The van der Waals surface area contributed by atoms with Crippen molar-refractivity contribution in [1.82, 2.24) is 0 Å². The smallest absolute Gasteiger partial charge is 0.219 e. The zero-order valence-corrected chi connectivity index (χ0v) is 17.2. The first-order valence-corrected chi connectivity index (χ1v) is 11.4. The van der Waals surface area contributed by atoms with Gasteiger partial charge in [-0.1, -0.05) is 67.2 Å². The van der Waals surface area contributed by atoms with Gasteiger partial charge in [0, 0.05) is 4.75 Å². The van der Waals surface area contributed by atoms with E-state index in [1.807, 2.05) is 34.6 Å². The highest BCUT2D eigenvalue weighted by atomic mass is 32.2. The van der Waals surface area contributed by atoms with Gasteiger partial charge in [0.05, 0.1) is 6.10 Å². The molecule has 0 aliphatic carbocycles. The molecular weight excluding hydrogens is 300 g/mol. The SMILES string of the molecule is CC(C)[C@H](O)[C@H](O[Si](C)(C)C(C)(C)C)C(=O)SC(C)(C)C. The van der Waals surface area contributed by atoms with Crippen LogP contribution in [0.3, 0.4) is 0 Å². The van der Waals surface area contributed by atoms with Crippen LogP contribution in [0.1, 0.15) is 55.4 Å². The average Bonchev–Trinajstić information content (AvgIpc) is 2.20. The zero-order chi connectivity index (χ0) is 17.2. The van der Waals surface area contributed by atoms with E-state index in [-0.39, 0.29) is 20.8 Å². The number of carbonyl (C=O) groups is 1. The summed E-state index contributed by atoms with van der Waals surface area (Å²) in [6.45, 7) is 20.5. The molecule has 0 aromatic heterocycles. The lowest BCUT2D eigenvalue weighted by Gasteiger charge is -2.40. The first kappa shape index (κ1) is 21.2. The Morgan fingerprint density at radius 2 is 1.52 bits per heavy atom. The van der Waals surface area contributed by atoms with E-state index in [0.717, 1.165) is 0 Å². The standard InChI is InChI=1S/C16H34O3SSi/c1-11(2)12(17)13(14(18)20-15(3,4)5)19-21(9,10)16(6,7)8/h11-13,17H,1-10H3/t12-,13-/m0/s1. The molecule has 126 valence electrons. The van der Waals surface area contributed by atoms with Gasteiger partial charge in [-0.2, -0.15) is 0 Å². The largest absolute Gasteiger partial charge is 0.404 e. The highest BCUT2D eigenvalue weighted by Gasteiger charge is 2.43. The number of hydrogen-bond acceptors (Lipinski definition) is 4. The predicted molar refractivity (Wildman–Crippen MR) is 95.3 cm³/mol. The highest BCUT2D eigenvalue weighted by Crippen LogP contribution is 2.39. The summed E-state index contributed by atoms with van der Waals surface area (Å²) < 4.78 is 6.07. The molecule has 0 heterocycles. The van der Waals surface area contributed by atoms with Crippen LogP contribution in [-0.2, 0) is 9.22 Å². The minimum Gasteiger partial charge on any atom is -0.404 e. The molecule has 0 fully saturated rings. The van der Waals surface area contributed by atoms with Crippen molar-refractivity contribution in [2.24, 2.45) is 5.92 Å². The van der Waals surface area contributed by atoms with Crippen molar-refractivity contribution in [3.05, 3.63) is 0 Å². The van der Waals surface area contributed by atoms with Gasteiger partial charge in [0.2, 0.25) is 5.12 Å². The molecule has 0 aromatic rings. The van der Waals surface area contributed by atoms with Crippen molar-refractivity contribution in [1.29, 1.82) is 0 Å². The van der Waals surface area contributed by atoms with E-state index < -0.39 is 20.5 Å². The van der Waals surface area contributed by atoms with Crippen molar-refractivity contribution in [2.45, 2.75) is 90.5 Å². The average molecular weight is 335 g/mol. The van der Waals surface area contributed by atoms with Crippen LogP contribution in [0.2, 0.25) is 18.1 Å². The van der Waals surface area contributed by atoms with Gasteiger partial charge in [0.25, 0.3) is 0 Å². The Bertz CT molecular complexity index is 354. The molecule has 5 heteroatoms. The van der Waals surface area contributed by atoms with Crippen LogP contribution in [-0.4, -0.2) is 35.5 Å².